The van der Waals surface area contributed by atoms with E-state index in [4.69, 9.17) is 4.42 Å². The van der Waals surface area contributed by atoms with Crippen LogP contribution in [0.2, 0.25) is 0 Å². The van der Waals surface area contributed by atoms with Crippen molar-refractivity contribution < 1.29 is 17.6 Å². The van der Waals surface area contributed by atoms with Gasteiger partial charge in [0.2, 0.25) is 15.9 Å². The second-order valence-corrected chi connectivity index (χ2v) is 8.14. The lowest BCUT2D eigenvalue weighted by molar-refractivity contribution is -0.119. The Labute approximate surface area is 153 Å². The normalized spacial score (nSPS) is 15.5. The second-order valence-electron chi connectivity index (χ2n) is 6.20. The van der Waals surface area contributed by atoms with Crippen molar-refractivity contribution in [2.45, 2.75) is 30.7 Å². The topological polar surface area (TPSA) is 91.7 Å². The van der Waals surface area contributed by atoms with Crippen LogP contribution >= 0.6 is 0 Å². The summed E-state index contributed by atoms with van der Waals surface area (Å²) < 4.78 is 32.1. The van der Waals surface area contributed by atoms with Crippen LogP contribution in [-0.4, -0.2) is 38.3 Å². The van der Waals surface area contributed by atoms with Gasteiger partial charge in [0.25, 0.3) is 0 Å². The lowest BCUT2D eigenvalue weighted by Gasteiger charge is -2.26. The monoisotopic (exact) mass is 377 g/mol. The molecule has 0 unspecified atom stereocenters. The van der Waals surface area contributed by atoms with E-state index in [0.29, 0.717) is 31.1 Å². The number of anilines is 1. The highest BCUT2D eigenvalue weighted by molar-refractivity contribution is 7.89. The minimum Gasteiger partial charge on any atom is -0.467 e. The zero-order chi connectivity index (χ0) is 18.4. The lowest BCUT2D eigenvalue weighted by Crippen LogP contribution is -2.35. The molecule has 26 heavy (non-hydrogen) atoms. The summed E-state index contributed by atoms with van der Waals surface area (Å²) in [4.78, 5) is 12.1. The summed E-state index contributed by atoms with van der Waals surface area (Å²) in [5.41, 5.74) is 0.594. The first kappa shape index (κ1) is 18.5. The summed E-state index contributed by atoms with van der Waals surface area (Å²) in [6.07, 6.45) is 4.41. The standard InChI is InChI=1S/C18H23N3O4S/c22-18(20-13-16-7-5-11-25-16)14-19-15-6-4-8-17(12-15)26(23,24)21-9-2-1-3-10-21/h4-8,11-12,19H,1-3,9-10,13-14H2,(H,20,22). The fourth-order valence-electron chi connectivity index (χ4n) is 2.86. The number of nitrogens with one attached hydrogen (secondary N) is 2. The van der Waals surface area contributed by atoms with E-state index in [-0.39, 0.29) is 17.3 Å². The molecule has 1 aliphatic heterocycles. The summed E-state index contributed by atoms with van der Waals surface area (Å²) in [6, 6.07) is 10.1. The first-order chi connectivity index (χ1) is 12.6. The van der Waals surface area contributed by atoms with Crippen molar-refractivity contribution in [2.75, 3.05) is 25.0 Å². The van der Waals surface area contributed by atoms with E-state index in [2.05, 4.69) is 10.6 Å². The van der Waals surface area contributed by atoms with Gasteiger partial charge in [0.15, 0.2) is 0 Å². The van der Waals surface area contributed by atoms with Gasteiger partial charge in [0.1, 0.15) is 5.76 Å². The number of hydrogen-bond acceptors (Lipinski definition) is 5. The van der Waals surface area contributed by atoms with Gasteiger partial charge in [-0.25, -0.2) is 8.42 Å². The number of hydrogen-bond donors (Lipinski definition) is 2. The van der Waals surface area contributed by atoms with Crippen LogP contribution in [0.15, 0.2) is 52.0 Å². The van der Waals surface area contributed by atoms with E-state index in [9.17, 15) is 13.2 Å². The molecule has 1 amide bonds. The average molecular weight is 377 g/mol. The Morgan fingerprint density at radius 1 is 1.12 bits per heavy atom. The zero-order valence-electron chi connectivity index (χ0n) is 14.5. The third kappa shape index (κ3) is 4.64. The third-order valence-corrected chi connectivity index (χ3v) is 6.17. The predicted octanol–water partition coefficient (Wildman–Crippen LogP) is 2.18. The van der Waals surface area contributed by atoms with Gasteiger partial charge in [0.05, 0.1) is 24.2 Å². The molecule has 1 aromatic carbocycles. The fourth-order valence-corrected chi connectivity index (χ4v) is 4.43. The van der Waals surface area contributed by atoms with Crippen LogP contribution in [0.3, 0.4) is 0 Å². The molecule has 140 valence electrons. The number of sulfonamides is 1. The van der Waals surface area contributed by atoms with Crippen molar-refractivity contribution >= 4 is 21.6 Å². The highest BCUT2D eigenvalue weighted by Gasteiger charge is 2.25. The van der Waals surface area contributed by atoms with Gasteiger partial charge in [-0.3, -0.25) is 4.79 Å². The van der Waals surface area contributed by atoms with Crippen LogP contribution in [0.25, 0.3) is 0 Å². The fraction of sp³-hybridized carbons (Fsp3) is 0.389. The number of nitrogens with zero attached hydrogens (tertiary/aromatic N) is 1. The second kappa shape index (κ2) is 8.37. The van der Waals surface area contributed by atoms with Crippen molar-refractivity contribution in [3.8, 4) is 0 Å². The van der Waals surface area contributed by atoms with E-state index in [0.717, 1.165) is 19.3 Å². The van der Waals surface area contributed by atoms with Crippen LogP contribution in [-0.2, 0) is 21.4 Å². The van der Waals surface area contributed by atoms with Gasteiger partial charge in [-0.1, -0.05) is 12.5 Å². The Kier molecular flexibility index (Phi) is 5.95. The Morgan fingerprint density at radius 2 is 1.92 bits per heavy atom. The van der Waals surface area contributed by atoms with Crippen molar-refractivity contribution in [2.24, 2.45) is 0 Å². The van der Waals surface area contributed by atoms with Gasteiger partial charge in [-0.05, 0) is 43.2 Å². The van der Waals surface area contributed by atoms with Crippen LogP contribution in [0.4, 0.5) is 5.69 Å². The maximum absolute atomic E-state index is 12.7. The number of carbonyl (C=O) groups excluding carboxylic acids is 1. The van der Waals surface area contributed by atoms with Gasteiger partial charge in [-0.15, -0.1) is 0 Å². The molecule has 0 bridgehead atoms. The minimum atomic E-state index is -3.48. The first-order valence-corrected chi connectivity index (χ1v) is 10.1. The van der Waals surface area contributed by atoms with E-state index in [1.165, 1.54) is 4.31 Å². The quantitative estimate of drug-likeness (QED) is 0.772. The molecule has 3 rings (SSSR count). The van der Waals surface area contributed by atoms with Crippen molar-refractivity contribution in [1.29, 1.82) is 0 Å². The Balaban J connectivity index is 1.57. The minimum absolute atomic E-state index is 0.0495. The molecule has 1 aliphatic rings. The largest absolute Gasteiger partial charge is 0.467 e. The van der Waals surface area contributed by atoms with E-state index < -0.39 is 10.0 Å². The van der Waals surface area contributed by atoms with Gasteiger partial charge < -0.3 is 15.1 Å². The highest BCUT2D eigenvalue weighted by atomic mass is 32.2. The molecule has 0 aliphatic carbocycles. The smallest absolute Gasteiger partial charge is 0.243 e. The Morgan fingerprint density at radius 3 is 2.65 bits per heavy atom. The lowest BCUT2D eigenvalue weighted by atomic mass is 10.2. The molecule has 1 fully saturated rings. The third-order valence-electron chi connectivity index (χ3n) is 4.28. The summed E-state index contributed by atoms with van der Waals surface area (Å²) in [5.74, 6) is 0.471. The molecule has 0 saturated carbocycles. The number of furan rings is 1. The molecule has 2 aromatic rings. The molecule has 7 nitrogen and oxygen atoms in total. The SMILES string of the molecule is O=C(CNc1cccc(S(=O)(=O)N2CCCCC2)c1)NCc1ccco1. The molecule has 8 heteroatoms. The molecule has 2 N–H and O–H groups in total. The Hall–Kier alpha value is -2.32. The van der Waals surface area contributed by atoms with E-state index in [1.54, 1.807) is 42.7 Å². The molecule has 0 atom stereocenters. The predicted molar refractivity (Wildman–Crippen MR) is 98.1 cm³/mol. The van der Waals surface area contributed by atoms with Gasteiger partial charge in [0, 0.05) is 18.8 Å². The molecule has 2 heterocycles. The Bertz CT molecular complexity index is 828. The maximum Gasteiger partial charge on any atom is 0.243 e. The molecule has 0 radical (unpaired) electrons. The molecular weight excluding hydrogens is 354 g/mol. The first-order valence-electron chi connectivity index (χ1n) is 8.69. The van der Waals surface area contributed by atoms with Crippen molar-refractivity contribution in [3.63, 3.8) is 0 Å². The zero-order valence-corrected chi connectivity index (χ0v) is 15.3. The molecular formula is C18H23N3O4S. The average Bonchev–Trinajstić information content (AvgIpc) is 3.19. The van der Waals surface area contributed by atoms with Gasteiger partial charge >= 0.3 is 0 Å². The maximum atomic E-state index is 12.7. The highest BCUT2D eigenvalue weighted by Crippen LogP contribution is 2.22. The molecule has 0 spiro atoms. The van der Waals surface area contributed by atoms with Crippen molar-refractivity contribution in [1.82, 2.24) is 9.62 Å². The van der Waals surface area contributed by atoms with Crippen LogP contribution < -0.4 is 10.6 Å². The van der Waals surface area contributed by atoms with Crippen molar-refractivity contribution in [3.05, 3.63) is 48.4 Å². The summed E-state index contributed by atoms with van der Waals surface area (Å²) >= 11 is 0. The molecule has 1 aromatic heterocycles. The van der Waals surface area contributed by atoms with Crippen LogP contribution in [0.1, 0.15) is 25.0 Å². The summed E-state index contributed by atoms with van der Waals surface area (Å²) in [5, 5.41) is 5.69. The number of piperidine rings is 1. The number of rotatable bonds is 7. The van der Waals surface area contributed by atoms with E-state index in [1.807, 2.05) is 0 Å². The number of benzene rings is 1. The van der Waals surface area contributed by atoms with E-state index >= 15 is 0 Å². The number of carbonyl (C=O) groups is 1. The summed E-state index contributed by atoms with van der Waals surface area (Å²) in [7, 11) is -3.48. The van der Waals surface area contributed by atoms with Gasteiger partial charge in [-0.2, -0.15) is 4.31 Å². The summed E-state index contributed by atoms with van der Waals surface area (Å²) in [6.45, 7) is 1.50. The number of amides is 1. The van der Waals surface area contributed by atoms with Crippen LogP contribution in [0, 0.1) is 0 Å². The van der Waals surface area contributed by atoms with Crippen LogP contribution in [0.5, 0.6) is 0 Å². The molecule has 1 saturated heterocycles.